The zero-order valence-electron chi connectivity index (χ0n) is 9.57. The molecule has 1 aromatic rings. The fourth-order valence-electron chi connectivity index (χ4n) is 1.28. The van der Waals surface area contributed by atoms with Gasteiger partial charge >= 0.3 is 0 Å². The Morgan fingerprint density at radius 3 is 3.12 bits per heavy atom. The van der Waals surface area contributed by atoms with E-state index in [9.17, 15) is 4.79 Å². The van der Waals surface area contributed by atoms with Crippen molar-refractivity contribution < 1.29 is 4.79 Å². The fraction of sp³-hybridized carbons (Fsp3) is 0.455. The lowest BCUT2D eigenvalue weighted by Gasteiger charge is -2.04. The van der Waals surface area contributed by atoms with Gasteiger partial charge in [-0.15, -0.1) is 6.58 Å². The SMILES string of the molecule is C=CCNCC(=O)NCCc1ccn(C)n1. The third-order valence-corrected chi connectivity index (χ3v) is 2.05. The van der Waals surface area contributed by atoms with Gasteiger partial charge in [0.2, 0.25) is 5.91 Å². The summed E-state index contributed by atoms with van der Waals surface area (Å²) < 4.78 is 1.75. The number of aryl methyl sites for hydroxylation is 1. The van der Waals surface area contributed by atoms with Gasteiger partial charge < -0.3 is 10.6 Å². The number of amides is 1. The summed E-state index contributed by atoms with van der Waals surface area (Å²) in [6, 6.07) is 1.95. The lowest BCUT2D eigenvalue weighted by Crippen LogP contribution is -2.35. The van der Waals surface area contributed by atoms with Crippen LogP contribution in [-0.2, 0) is 18.3 Å². The molecule has 0 spiro atoms. The smallest absolute Gasteiger partial charge is 0.233 e. The number of aromatic nitrogens is 2. The Bertz CT molecular complexity index is 346. The number of carbonyl (C=O) groups is 1. The second-order valence-corrected chi connectivity index (χ2v) is 3.50. The van der Waals surface area contributed by atoms with Gasteiger partial charge in [-0.3, -0.25) is 9.48 Å². The van der Waals surface area contributed by atoms with E-state index in [0.717, 1.165) is 12.1 Å². The van der Waals surface area contributed by atoms with Crippen molar-refractivity contribution in [2.45, 2.75) is 6.42 Å². The molecule has 16 heavy (non-hydrogen) atoms. The van der Waals surface area contributed by atoms with Crippen molar-refractivity contribution in [3.05, 3.63) is 30.6 Å². The van der Waals surface area contributed by atoms with Crippen molar-refractivity contribution in [2.75, 3.05) is 19.6 Å². The molecule has 5 nitrogen and oxygen atoms in total. The molecule has 1 heterocycles. The van der Waals surface area contributed by atoms with Crippen molar-refractivity contribution in [3.63, 3.8) is 0 Å². The molecule has 0 unspecified atom stereocenters. The summed E-state index contributed by atoms with van der Waals surface area (Å²) in [7, 11) is 1.88. The lowest BCUT2D eigenvalue weighted by molar-refractivity contribution is -0.120. The summed E-state index contributed by atoms with van der Waals surface area (Å²) in [6.45, 7) is 5.15. The average Bonchev–Trinajstić information content (AvgIpc) is 2.65. The highest BCUT2D eigenvalue weighted by Gasteiger charge is 2.00. The highest BCUT2D eigenvalue weighted by Crippen LogP contribution is 1.93. The first-order valence-corrected chi connectivity index (χ1v) is 5.29. The molecule has 1 aromatic heterocycles. The van der Waals surface area contributed by atoms with Gasteiger partial charge in [0, 0.05) is 32.8 Å². The van der Waals surface area contributed by atoms with E-state index in [2.05, 4.69) is 22.3 Å². The molecule has 0 saturated heterocycles. The minimum Gasteiger partial charge on any atom is -0.355 e. The minimum absolute atomic E-state index is 0.00205. The molecule has 0 aliphatic carbocycles. The standard InChI is InChI=1S/C11H18N4O/c1-3-6-12-9-11(16)13-7-4-10-5-8-15(2)14-10/h3,5,8,12H,1,4,6-7,9H2,2H3,(H,13,16). The summed E-state index contributed by atoms with van der Waals surface area (Å²) >= 11 is 0. The Morgan fingerprint density at radius 1 is 1.69 bits per heavy atom. The summed E-state index contributed by atoms with van der Waals surface area (Å²) in [6.07, 6.45) is 4.37. The fourth-order valence-corrected chi connectivity index (χ4v) is 1.28. The van der Waals surface area contributed by atoms with Crippen molar-refractivity contribution in [2.24, 2.45) is 7.05 Å². The molecular formula is C11H18N4O. The molecular weight excluding hydrogens is 204 g/mol. The van der Waals surface area contributed by atoms with Crippen molar-refractivity contribution >= 4 is 5.91 Å². The van der Waals surface area contributed by atoms with Crippen LogP contribution in [-0.4, -0.2) is 35.3 Å². The van der Waals surface area contributed by atoms with Crippen LogP contribution in [0.15, 0.2) is 24.9 Å². The van der Waals surface area contributed by atoms with E-state index in [4.69, 9.17) is 0 Å². The van der Waals surface area contributed by atoms with E-state index in [1.807, 2.05) is 19.3 Å². The molecule has 88 valence electrons. The molecule has 1 rings (SSSR count). The molecule has 0 bridgehead atoms. The predicted octanol–water partition coefficient (Wildman–Crippen LogP) is -0.146. The summed E-state index contributed by atoms with van der Waals surface area (Å²) in [5.41, 5.74) is 0.988. The molecule has 0 aliphatic heterocycles. The second-order valence-electron chi connectivity index (χ2n) is 3.50. The van der Waals surface area contributed by atoms with Gasteiger partial charge in [0.15, 0.2) is 0 Å². The molecule has 5 heteroatoms. The third kappa shape index (κ3) is 4.75. The van der Waals surface area contributed by atoms with Crippen LogP contribution in [0.5, 0.6) is 0 Å². The predicted molar refractivity (Wildman–Crippen MR) is 63.0 cm³/mol. The first-order valence-electron chi connectivity index (χ1n) is 5.29. The van der Waals surface area contributed by atoms with Crippen LogP contribution in [0.25, 0.3) is 0 Å². The van der Waals surface area contributed by atoms with Gasteiger partial charge in [0.25, 0.3) is 0 Å². The molecule has 0 saturated carbocycles. The minimum atomic E-state index is -0.00205. The monoisotopic (exact) mass is 222 g/mol. The van der Waals surface area contributed by atoms with Crippen LogP contribution >= 0.6 is 0 Å². The van der Waals surface area contributed by atoms with Crippen LogP contribution in [0.3, 0.4) is 0 Å². The average molecular weight is 222 g/mol. The second kappa shape index (κ2) is 6.79. The van der Waals surface area contributed by atoms with Crippen LogP contribution in [0.4, 0.5) is 0 Å². The zero-order valence-corrected chi connectivity index (χ0v) is 9.57. The van der Waals surface area contributed by atoms with Gasteiger partial charge in [-0.25, -0.2) is 0 Å². The Hall–Kier alpha value is -1.62. The Kier molecular flexibility index (Phi) is 5.28. The Morgan fingerprint density at radius 2 is 2.50 bits per heavy atom. The third-order valence-electron chi connectivity index (χ3n) is 2.05. The zero-order chi connectivity index (χ0) is 11.8. The lowest BCUT2D eigenvalue weighted by atomic mass is 10.3. The topological polar surface area (TPSA) is 59.0 Å². The summed E-state index contributed by atoms with van der Waals surface area (Å²) in [5.74, 6) is -0.00205. The van der Waals surface area contributed by atoms with Crippen molar-refractivity contribution in [3.8, 4) is 0 Å². The van der Waals surface area contributed by atoms with E-state index in [-0.39, 0.29) is 5.91 Å². The van der Waals surface area contributed by atoms with Crippen LogP contribution in [0.2, 0.25) is 0 Å². The first-order chi connectivity index (χ1) is 7.72. The maximum Gasteiger partial charge on any atom is 0.233 e. The van der Waals surface area contributed by atoms with Gasteiger partial charge in [-0.05, 0) is 6.07 Å². The van der Waals surface area contributed by atoms with Gasteiger partial charge in [-0.1, -0.05) is 6.08 Å². The van der Waals surface area contributed by atoms with E-state index >= 15 is 0 Å². The summed E-state index contributed by atoms with van der Waals surface area (Å²) in [5, 5.41) is 9.97. The van der Waals surface area contributed by atoms with E-state index in [0.29, 0.717) is 19.6 Å². The van der Waals surface area contributed by atoms with E-state index in [1.165, 1.54) is 0 Å². The van der Waals surface area contributed by atoms with Gasteiger partial charge in [-0.2, -0.15) is 5.10 Å². The summed E-state index contributed by atoms with van der Waals surface area (Å²) in [4.78, 5) is 11.3. The molecule has 0 atom stereocenters. The van der Waals surface area contributed by atoms with E-state index < -0.39 is 0 Å². The number of nitrogens with one attached hydrogen (secondary N) is 2. The maximum absolute atomic E-state index is 11.3. The first kappa shape index (κ1) is 12.4. The van der Waals surface area contributed by atoms with Gasteiger partial charge in [0.1, 0.15) is 0 Å². The molecule has 0 aromatic carbocycles. The molecule has 0 fully saturated rings. The number of hydrogen-bond donors (Lipinski definition) is 2. The molecule has 1 amide bonds. The Labute approximate surface area is 95.5 Å². The quantitative estimate of drug-likeness (QED) is 0.498. The van der Waals surface area contributed by atoms with Crippen LogP contribution in [0.1, 0.15) is 5.69 Å². The Balaban J connectivity index is 2.10. The normalized spacial score (nSPS) is 10.1. The highest BCUT2D eigenvalue weighted by atomic mass is 16.1. The molecule has 2 N–H and O–H groups in total. The van der Waals surface area contributed by atoms with Crippen LogP contribution in [0, 0.1) is 0 Å². The number of carbonyl (C=O) groups excluding carboxylic acids is 1. The largest absolute Gasteiger partial charge is 0.355 e. The van der Waals surface area contributed by atoms with Gasteiger partial charge in [0.05, 0.1) is 12.2 Å². The van der Waals surface area contributed by atoms with E-state index in [1.54, 1.807) is 10.8 Å². The maximum atomic E-state index is 11.3. The molecule has 0 radical (unpaired) electrons. The highest BCUT2D eigenvalue weighted by molar-refractivity contribution is 5.77. The van der Waals surface area contributed by atoms with Crippen molar-refractivity contribution in [1.82, 2.24) is 20.4 Å². The van der Waals surface area contributed by atoms with Crippen molar-refractivity contribution in [1.29, 1.82) is 0 Å². The van der Waals surface area contributed by atoms with Crippen LogP contribution < -0.4 is 10.6 Å². The number of nitrogens with zero attached hydrogens (tertiary/aromatic N) is 2. The molecule has 0 aliphatic rings. The number of hydrogen-bond acceptors (Lipinski definition) is 3. The number of rotatable bonds is 7.